The van der Waals surface area contributed by atoms with Crippen LogP contribution in [0, 0.1) is 5.41 Å². The van der Waals surface area contributed by atoms with Gasteiger partial charge in [-0.1, -0.05) is 6.92 Å². The molecule has 3 heterocycles. The molecule has 0 saturated carbocycles. The van der Waals surface area contributed by atoms with Crippen molar-refractivity contribution >= 4 is 5.82 Å². The number of nitrogen functional groups attached to an aromatic ring is 1. The van der Waals surface area contributed by atoms with Crippen LogP contribution in [0.5, 0.6) is 0 Å². The second-order valence-electron chi connectivity index (χ2n) is 6.48. The van der Waals surface area contributed by atoms with Crippen molar-refractivity contribution in [3.05, 3.63) is 22.7 Å². The fraction of sp³-hybridized carbons (Fsp3) is 0.714. The number of ether oxygens (including phenoxy) is 3. The monoisotopic (exact) mass is 311 g/mol. The molecule has 0 spiro atoms. The van der Waals surface area contributed by atoms with E-state index in [2.05, 4.69) is 4.98 Å². The van der Waals surface area contributed by atoms with Crippen molar-refractivity contribution in [2.24, 2.45) is 5.41 Å². The third kappa shape index (κ3) is 2.32. The van der Waals surface area contributed by atoms with Gasteiger partial charge in [-0.25, -0.2) is 4.79 Å². The summed E-state index contributed by atoms with van der Waals surface area (Å²) in [5, 5.41) is 9.60. The Morgan fingerprint density at radius 1 is 1.50 bits per heavy atom. The number of fused-ring (bicyclic) bond motifs is 1. The molecule has 0 aromatic carbocycles. The van der Waals surface area contributed by atoms with Gasteiger partial charge in [0.15, 0.2) is 5.79 Å². The van der Waals surface area contributed by atoms with Crippen LogP contribution in [0.25, 0.3) is 0 Å². The maximum absolute atomic E-state index is 12.1. The molecule has 2 fully saturated rings. The van der Waals surface area contributed by atoms with Crippen molar-refractivity contribution in [1.29, 1.82) is 0 Å². The Bertz CT molecular complexity index is 631. The molecule has 0 aliphatic carbocycles. The number of aliphatic hydroxyl groups is 1. The molecule has 122 valence electrons. The van der Waals surface area contributed by atoms with Crippen LogP contribution in [0.1, 0.15) is 27.0 Å². The Labute approximate surface area is 127 Å². The van der Waals surface area contributed by atoms with Crippen LogP contribution in [0.3, 0.4) is 0 Å². The summed E-state index contributed by atoms with van der Waals surface area (Å²) in [5.74, 6) is -0.614. The lowest BCUT2D eigenvalue weighted by Gasteiger charge is -2.45. The van der Waals surface area contributed by atoms with Crippen molar-refractivity contribution in [2.75, 3.05) is 18.9 Å². The van der Waals surface area contributed by atoms with Crippen LogP contribution in [0.4, 0.5) is 5.82 Å². The van der Waals surface area contributed by atoms with Crippen LogP contribution in [-0.4, -0.2) is 45.9 Å². The quantitative estimate of drug-likeness (QED) is 0.783. The van der Waals surface area contributed by atoms with Gasteiger partial charge in [0.1, 0.15) is 24.3 Å². The lowest BCUT2D eigenvalue weighted by molar-refractivity contribution is -0.314. The molecule has 2 aliphatic rings. The summed E-state index contributed by atoms with van der Waals surface area (Å²) in [6, 6.07) is 1.53. The van der Waals surface area contributed by atoms with E-state index in [1.807, 2.05) is 20.8 Å². The lowest BCUT2D eigenvalue weighted by atomic mass is 9.81. The van der Waals surface area contributed by atoms with E-state index < -0.39 is 35.3 Å². The van der Waals surface area contributed by atoms with Crippen molar-refractivity contribution in [3.8, 4) is 0 Å². The highest BCUT2D eigenvalue weighted by Gasteiger charge is 2.59. The second kappa shape index (κ2) is 5.02. The van der Waals surface area contributed by atoms with E-state index in [0.29, 0.717) is 6.61 Å². The number of nitrogens with two attached hydrogens (primary N) is 1. The molecule has 22 heavy (non-hydrogen) atoms. The zero-order chi connectivity index (χ0) is 16.1. The number of hydrogen-bond donors (Lipinski definition) is 2. The number of hydrogen-bond acceptors (Lipinski definition) is 7. The highest BCUT2D eigenvalue weighted by atomic mass is 16.7. The number of anilines is 1. The molecule has 2 aliphatic heterocycles. The molecule has 4 atom stereocenters. The summed E-state index contributed by atoms with van der Waals surface area (Å²) < 4.78 is 19.0. The van der Waals surface area contributed by atoms with E-state index >= 15 is 0 Å². The van der Waals surface area contributed by atoms with Gasteiger partial charge in [-0.3, -0.25) is 4.57 Å². The molecular weight excluding hydrogens is 290 g/mol. The Hall–Kier alpha value is -1.48. The molecule has 8 heteroatoms. The molecule has 0 bridgehead atoms. The maximum atomic E-state index is 12.1. The topological polar surface area (TPSA) is 109 Å². The number of aromatic nitrogens is 2. The van der Waals surface area contributed by atoms with Gasteiger partial charge in [0.25, 0.3) is 0 Å². The molecular formula is C14H21N3O5. The number of rotatable bonds is 2. The summed E-state index contributed by atoms with van der Waals surface area (Å²) in [4.78, 5) is 15.8. The highest BCUT2D eigenvalue weighted by Crippen LogP contribution is 2.50. The minimum Gasteiger partial charge on any atom is -0.394 e. The average Bonchev–Trinajstić information content (AvgIpc) is 2.71. The first-order valence-electron chi connectivity index (χ1n) is 7.19. The normalized spacial score (nSPS) is 37.0. The summed E-state index contributed by atoms with van der Waals surface area (Å²) in [5.41, 5.74) is 4.40. The minimum absolute atomic E-state index is 0.150. The van der Waals surface area contributed by atoms with Gasteiger partial charge in [0.2, 0.25) is 0 Å². The molecule has 8 nitrogen and oxygen atoms in total. The Balaban J connectivity index is 2.01. The standard InChI is InChI=1S/C14H21N3O5/c1-13(2)20-7-14(3)10(22-13)8(6-18)21-11(14)17-5-4-9(15)16-12(17)19/h4-5,8,10-11,18H,6-7H2,1-3H3,(H2,15,16,19)/t8-,10?,11-,14?/m1/s1. The molecule has 0 amide bonds. The van der Waals surface area contributed by atoms with E-state index in [1.54, 1.807) is 0 Å². The molecule has 1 aromatic rings. The fourth-order valence-corrected chi connectivity index (χ4v) is 3.12. The first-order valence-corrected chi connectivity index (χ1v) is 7.19. The Morgan fingerprint density at radius 3 is 2.86 bits per heavy atom. The van der Waals surface area contributed by atoms with Crippen LogP contribution in [0.2, 0.25) is 0 Å². The second-order valence-corrected chi connectivity index (χ2v) is 6.48. The zero-order valence-electron chi connectivity index (χ0n) is 12.9. The molecule has 2 unspecified atom stereocenters. The van der Waals surface area contributed by atoms with E-state index in [0.717, 1.165) is 0 Å². The van der Waals surface area contributed by atoms with Crippen LogP contribution in [-0.2, 0) is 14.2 Å². The Kier molecular flexibility index (Phi) is 3.52. The van der Waals surface area contributed by atoms with Crippen LogP contribution >= 0.6 is 0 Å². The molecule has 3 rings (SSSR count). The van der Waals surface area contributed by atoms with Crippen molar-refractivity contribution in [2.45, 2.75) is 45.0 Å². The molecule has 2 saturated heterocycles. The van der Waals surface area contributed by atoms with Gasteiger partial charge in [0.05, 0.1) is 18.6 Å². The largest absolute Gasteiger partial charge is 0.394 e. The number of nitrogens with zero attached hydrogens (tertiary/aromatic N) is 2. The first-order chi connectivity index (χ1) is 10.3. The third-order valence-corrected chi connectivity index (χ3v) is 4.28. The predicted octanol–water partition coefficient (Wildman–Crippen LogP) is -0.127. The lowest BCUT2D eigenvalue weighted by Crippen LogP contribution is -2.55. The third-order valence-electron chi connectivity index (χ3n) is 4.28. The number of aliphatic hydroxyl groups excluding tert-OH is 1. The smallest absolute Gasteiger partial charge is 0.351 e. The first kappa shape index (κ1) is 15.4. The van der Waals surface area contributed by atoms with E-state index in [4.69, 9.17) is 19.9 Å². The summed E-state index contributed by atoms with van der Waals surface area (Å²) in [6.45, 7) is 5.67. The SMILES string of the molecule is CC1(C)OCC2(C)C(O1)[C@@H](CO)O[C@H]2n1ccc(N)nc1=O. The van der Waals surface area contributed by atoms with Crippen molar-refractivity contribution in [1.82, 2.24) is 9.55 Å². The Morgan fingerprint density at radius 2 is 2.23 bits per heavy atom. The van der Waals surface area contributed by atoms with Crippen LogP contribution < -0.4 is 11.4 Å². The van der Waals surface area contributed by atoms with Gasteiger partial charge < -0.3 is 25.1 Å². The van der Waals surface area contributed by atoms with Gasteiger partial charge >= 0.3 is 5.69 Å². The molecule has 3 N–H and O–H groups in total. The summed E-state index contributed by atoms with van der Waals surface area (Å²) in [7, 11) is 0. The van der Waals surface area contributed by atoms with E-state index in [-0.39, 0.29) is 12.4 Å². The molecule has 1 aromatic heterocycles. The average molecular weight is 311 g/mol. The maximum Gasteiger partial charge on any atom is 0.351 e. The summed E-state index contributed by atoms with van der Waals surface area (Å²) in [6.07, 6.45) is -0.0402. The van der Waals surface area contributed by atoms with Gasteiger partial charge in [-0.2, -0.15) is 4.98 Å². The van der Waals surface area contributed by atoms with E-state index in [9.17, 15) is 9.90 Å². The summed E-state index contributed by atoms with van der Waals surface area (Å²) >= 11 is 0. The zero-order valence-corrected chi connectivity index (χ0v) is 12.9. The minimum atomic E-state index is -0.764. The van der Waals surface area contributed by atoms with Crippen molar-refractivity contribution < 1.29 is 19.3 Å². The van der Waals surface area contributed by atoms with Crippen molar-refractivity contribution in [3.63, 3.8) is 0 Å². The van der Waals surface area contributed by atoms with Gasteiger partial charge in [-0.15, -0.1) is 0 Å². The highest BCUT2D eigenvalue weighted by molar-refractivity contribution is 5.23. The van der Waals surface area contributed by atoms with Crippen LogP contribution in [0.15, 0.2) is 17.1 Å². The van der Waals surface area contributed by atoms with E-state index in [1.165, 1.54) is 16.8 Å². The fourth-order valence-electron chi connectivity index (χ4n) is 3.12. The van der Waals surface area contributed by atoms with Gasteiger partial charge in [-0.05, 0) is 19.9 Å². The van der Waals surface area contributed by atoms with Gasteiger partial charge in [0, 0.05) is 6.20 Å². The molecule has 0 radical (unpaired) electrons. The predicted molar refractivity (Wildman–Crippen MR) is 76.9 cm³/mol.